The van der Waals surface area contributed by atoms with Crippen molar-refractivity contribution in [1.82, 2.24) is 0 Å². The Balaban J connectivity index is 1.93. The second-order valence-electron chi connectivity index (χ2n) is 5.62. The lowest BCUT2D eigenvalue weighted by molar-refractivity contribution is 1.46. The molecule has 3 aromatic rings. The molecule has 0 aromatic heterocycles. The summed E-state index contributed by atoms with van der Waals surface area (Å²) < 4.78 is 0. The Hall–Kier alpha value is -2.48. The molecule has 21 heavy (non-hydrogen) atoms. The highest BCUT2D eigenvalue weighted by Crippen LogP contribution is 2.31. The second kappa shape index (κ2) is 4.82. The van der Waals surface area contributed by atoms with Crippen molar-refractivity contribution in [2.24, 2.45) is 0 Å². The molecule has 0 spiro atoms. The van der Waals surface area contributed by atoms with Crippen molar-refractivity contribution in [3.63, 3.8) is 0 Å². The minimum atomic E-state index is 0.220. The van der Waals surface area contributed by atoms with Gasteiger partial charge in [0.15, 0.2) is 0 Å². The lowest BCUT2D eigenvalue weighted by Crippen LogP contribution is -2.51. The fourth-order valence-electron chi connectivity index (χ4n) is 3.14. The third-order valence-electron chi connectivity index (χ3n) is 4.17. The summed E-state index contributed by atoms with van der Waals surface area (Å²) in [6.45, 7) is 2.37. The first-order chi connectivity index (χ1) is 10.3. The Labute approximate surface area is 125 Å². The number of aryl methyl sites for hydroxylation is 1. The predicted octanol–water partition coefficient (Wildman–Crippen LogP) is 3.19. The van der Waals surface area contributed by atoms with Crippen LogP contribution in [0.2, 0.25) is 0 Å². The highest BCUT2D eigenvalue weighted by atomic mass is 14.8. The van der Waals surface area contributed by atoms with E-state index in [1.54, 1.807) is 0 Å². The molecule has 1 nitrogen and oxygen atoms in total. The van der Waals surface area contributed by atoms with Crippen molar-refractivity contribution >= 4 is 23.5 Å². The van der Waals surface area contributed by atoms with Gasteiger partial charge in [-0.05, 0) is 30.1 Å². The Morgan fingerprint density at radius 1 is 0.762 bits per heavy atom. The van der Waals surface area contributed by atoms with Crippen molar-refractivity contribution in [2.45, 2.75) is 6.92 Å². The molecule has 1 aliphatic rings. The molecular formula is C19H16BN. The first kappa shape index (κ1) is 12.3. The Bertz CT molecular complexity index is 796. The zero-order chi connectivity index (χ0) is 14.2. The van der Waals surface area contributed by atoms with Crippen molar-refractivity contribution < 1.29 is 0 Å². The van der Waals surface area contributed by atoms with Gasteiger partial charge in [-0.15, -0.1) is 0 Å². The summed E-state index contributed by atoms with van der Waals surface area (Å²) in [5, 5.41) is 3.70. The van der Waals surface area contributed by atoms with Crippen LogP contribution in [0.15, 0.2) is 72.8 Å². The van der Waals surface area contributed by atoms with Crippen LogP contribution in [0.4, 0.5) is 5.69 Å². The minimum Gasteiger partial charge on any atom is -0.420 e. The van der Waals surface area contributed by atoms with Crippen LogP contribution >= 0.6 is 0 Å². The fraction of sp³-hybridized carbons (Fsp3) is 0.0526. The lowest BCUT2D eigenvalue weighted by atomic mass is 9.48. The molecule has 0 amide bonds. The van der Waals surface area contributed by atoms with Gasteiger partial charge in [0.2, 0.25) is 0 Å². The molecule has 1 N–H and O–H groups in total. The predicted molar refractivity (Wildman–Crippen MR) is 91.7 cm³/mol. The zero-order valence-corrected chi connectivity index (χ0v) is 12.0. The number of hydrogen-bond donors (Lipinski definition) is 1. The van der Waals surface area contributed by atoms with E-state index in [1.807, 2.05) is 0 Å². The third-order valence-corrected chi connectivity index (χ3v) is 4.17. The molecule has 0 fully saturated rings. The highest BCUT2D eigenvalue weighted by Gasteiger charge is 2.28. The summed E-state index contributed by atoms with van der Waals surface area (Å²) in [6, 6.07) is 26.0. The van der Waals surface area contributed by atoms with Gasteiger partial charge < -0.3 is 5.23 Å². The van der Waals surface area contributed by atoms with Gasteiger partial charge in [0.25, 0.3) is 0 Å². The molecule has 0 atom stereocenters. The molecule has 0 aliphatic carbocycles. The van der Waals surface area contributed by atoms with Gasteiger partial charge in [-0.2, -0.15) is 0 Å². The summed E-state index contributed by atoms with van der Waals surface area (Å²) in [7, 11) is 0. The first-order valence-corrected chi connectivity index (χ1v) is 7.34. The summed E-state index contributed by atoms with van der Waals surface area (Å²) in [4.78, 5) is 0. The van der Waals surface area contributed by atoms with E-state index in [0.717, 1.165) is 0 Å². The second-order valence-corrected chi connectivity index (χ2v) is 5.62. The monoisotopic (exact) mass is 269 g/mol. The highest BCUT2D eigenvalue weighted by molar-refractivity contribution is 6.89. The molecule has 3 aromatic carbocycles. The standard InChI is InChI=1S/C19H16BN/c1-14-11-12-19-17(13-14)16-9-5-6-10-18(16)20(21-19)15-7-3-2-4-8-15/h2-13,21H,1H3. The topological polar surface area (TPSA) is 12.0 Å². The van der Waals surface area contributed by atoms with Crippen LogP contribution in [0, 0.1) is 6.92 Å². The van der Waals surface area contributed by atoms with Crippen molar-refractivity contribution in [3.8, 4) is 11.1 Å². The van der Waals surface area contributed by atoms with Crippen LogP contribution in [0.25, 0.3) is 11.1 Å². The molecule has 4 rings (SSSR count). The minimum absolute atomic E-state index is 0.220. The quantitative estimate of drug-likeness (QED) is 0.669. The maximum absolute atomic E-state index is 3.70. The van der Waals surface area contributed by atoms with E-state index in [-0.39, 0.29) is 6.85 Å². The van der Waals surface area contributed by atoms with Gasteiger partial charge in [-0.3, -0.25) is 0 Å². The molecular weight excluding hydrogens is 253 g/mol. The smallest absolute Gasteiger partial charge is 0.321 e. The zero-order valence-electron chi connectivity index (χ0n) is 12.0. The molecule has 0 radical (unpaired) electrons. The average molecular weight is 269 g/mol. The lowest BCUT2D eigenvalue weighted by Gasteiger charge is -2.28. The molecule has 1 aliphatic heterocycles. The van der Waals surface area contributed by atoms with E-state index in [0.29, 0.717) is 0 Å². The third kappa shape index (κ3) is 2.04. The van der Waals surface area contributed by atoms with Gasteiger partial charge in [-0.1, -0.05) is 71.7 Å². The number of fused-ring (bicyclic) bond motifs is 3. The number of anilines is 1. The van der Waals surface area contributed by atoms with Crippen LogP contribution in [-0.2, 0) is 0 Å². The molecule has 0 unspecified atom stereocenters. The van der Waals surface area contributed by atoms with Crippen molar-refractivity contribution in [3.05, 3.63) is 78.4 Å². The summed E-state index contributed by atoms with van der Waals surface area (Å²) in [6.07, 6.45) is 0. The summed E-state index contributed by atoms with van der Waals surface area (Å²) >= 11 is 0. The Kier molecular flexibility index (Phi) is 2.82. The van der Waals surface area contributed by atoms with Crippen LogP contribution in [-0.4, -0.2) is 6.85 Å². The van der Waals surface area contributed by atoms with Gasteiger partial charge in [-0.25, -0.2) is 0 Å². The summed E-state index contributed by atoms with van der Waals surface area (Å²) in [5.41, 5.74) is 7.80. The van der Waals surface area contributed by atoms with E-state index in [9.17, 15) is 0 Å². The van der Waals surface area contributed by atoms with E-state index in [1.165, 1.54) is 33.3 Å². The maximum Gasteiger partial charge on any atom is 0.321 e. The number of rotatable bonds is 1. The summed E-state index contributed by atoms with van der Waals surface area (Å²) in [5.74, 6) is 0. The van der Waals surface area contributed by atoms with Crippen LogP contribution in [0.1, 0.15) is 5.56 Å². The van der Waals surface area contributed by atoms with E-state index in [4.69, 9.17) is 0 Å². The first-order valence-electron chi connectivity index (χ1n) is 7.34. The molecule has 0 saturated carbocycles. The van der Waals surface area contributed by atoms with Gasteiger partial charge in [0.05, 0.1) is 0 Å². The molecule has 0 bridgehead atoms. The Morgan fingerprint density at radius 3 is 2.38 bits per heavy atom. The van der Waals surface area contributed by atoms with E-state index < -0.39 is 0 Å². The van der Waals surface area contributed by atoms with Crippen LogP contribution in [0.3, 0.4) is 0 Å². The average Bonchev–Trinajstić information content (AvgIpc) is 2.55. The molecule has 2 heteroatoms. The van der Waals surface area contributed by atoms with Gasteiger partial charge in [0.1, 0.15) is 0 Å². The fourth-order valence-corrected chi connectivity index (χ4v) is 3.14. The van der Waals surface area contributed by atoms with E-state index >= 15 is 0 Å². The number of benzene rings is 3. The normalized spacial score (nSPS) is 12.3. The van der Waals surface area contributed by atoms with Gasteiger partial charge in [0, 0.05) is 11.3 Å². The van der Waals surface area contributed by atoms with Gasteiger partial charge >= 0.3 is 6.85 Å². The van der Waals surface area contributed by atoms with Crippen molar-refractivity contribution in [1.29, 1.82) is 0 Å². The van der Waals surface area contributed by atoms with E-state index in [2.05, 4.69) is 84.9 Å². The van der Waals surface area contributed by atoms with Crippen LogP contribution < -0.4 is 16.2 Å². The largest absolute Gasteiger partial charge is 0.420 e. The van der Waals surface area contributed by atoms with Crippen molar-refractivity contribution in [2.75, 3.05) is 5.23 Å². The number of nitrogens with one attached hydrogen (secondary N) is 1. The SMILES string of the molecule is Cc1ccc2c(c1)-c1ccccc1B(c1ccccc1)N2. The number of hydrogen-bond acceptors (Lipinski definition) is 1. The van der Waals surface area contributed by atoms with Crippen LogP contribution in [0.5, 0.6) is 0 Å². The Morgan fingerprint density at radius 2 is 1.52 bits per heavy atom. The molecule has 1 heterocycles. The maximum atomic E-state index is 3.70. The molecule has 0 saturated heterocycles. The molecule has 100 valence electrons.